The van der Waals surface area contributed by atoms with E-state index in [9.17, 15) is 19.5 Å². The van der Waals surface area contributed by atoms with E-state index in [0.29, 0.717) is 37.4 Å². The molecule has 4 aliphatic rings. The molecule has 23 heavy (non-hydrogen) atoms. The van der Waals surface area contributed by atoms with Crippen LogP contribution < -0.4 is 0 Å². The van der Waals surface area contributed by atoms with E-state index in [2.05, 4.69) is 6.92 Å². The summed E-state index contributed by atoms with van der Waals surface area (Å²) in [6.45, 7) is 4.13. The van der Waals surface area contributed by atoms with E-state index < -0.39 is 11.5 Å². The van der Waals surface area contributed by atoms with Crippen LogP contribution in [0, 0.1) is 34.5 Å². The van der Waals surface area contributed by atoms with Crippen molar-refractivity contribution >= 4 is 17.3 Å². The number of carbonyl (C=O) groups is 3. The van der Waals surface area contributed by atoms with Gasteiger partial charge in [-0.05, 0) is 42.4 Å². The van der Waals surface area contributed by atoms with Gasteiger partial charge < -0.3 is 5.11 Å². The summed E-state index contributed by atoms with van der Waals surface area (Å²) in [6.07, 6.45) is 3.69. The Balaban J connectivity index is 1.72. The normalized spacial score (nSPS) is 52.8. The largest absolute Gasteiger partial charge is 0.385 e. The van der Waals surface area contributed by atoms with Crippen molar-refractivity contribution in [1.82, 2.24) is 0 Å². The minimum Gasteiger partial charge on any atom is -0.385 e. The van der Waals surface area contributed by atoms with E-state index in [0.717, 1.165) is 19.3 Å². The van der Waals surface area contributed by atoms with Crippen molar-refractivity contribution in [3.63, 3.8) is 0 Å². The van der Waals surface area contributed by atoms with Gasteiger partial charge in [-0.1, -0.05) is 13.8 Å². The van der Waals surface area contributed by atoms with Gasteiger partial charge in [-0.25, -0.2) is 0 Å². The van der Waals surface area contributed by atoms with Crippen LogP contribution in [0.15, 0.2) is 0 Å². The van der Waals surface area contributed by atoms with Gasteiger partial charge in [-0.2, -0.15) is 0 Å². The molecular weight excluding hydrogens is 292 g/mol. The van der Waals surface area contributed by atoms with Crippen LogP contribution in [0.5, 0.6) is 0 Å². The quantitative estimate of drug-likeness (QED) is 0.744. The number of fused-ring (bicyclic) bond motifs is 5. The van der Waals surface area contributed by atoms with Crippen molar-refractivity contribution < 1.29 is 19.5 Å². The lowest BCUT2D eigenvalue weighted by Gasteiger charge is -2.58. The van der Waals surface area contributed by atoms with Crippen molar-refractivity contribution in [3.05, 3.63) is 0 Å². The molecule has 0 heterocycles. The average Bonchev–Trinajstić information content (AvgIpc) is 2.71. The first-order valence-corrected chi connectivity index (χ1v) is 9.02. The van der Waals surface area contributed by atoms with E-state index in [4.69, 9.17) is 0 Å². The number of hydrogen-bond acceptors (Lipinski definition) is 4. The van der Waals surface area contributed by atoms with Crippen LogP contribution in [0.25, 0.3) is 0 Å². The van der Waals surface area contributed by atoms with E-state index in [-0.39, 0.29) is 34.7 Å². The predicted molar refractivity (Wildman–Crippen MR) is 83.5 cm³/mol. The minimum atomic E-state index is -0.976. The molecule has 4 rings (SSSR count). The summed E-state index contributed by atoms with van der Waals surface area (Å²) >= 11 is 0. The van der Waals surface area contributed by atoms with Crippen molar-refractivity contribution in [1.29, 1.82) is 0 Å². The summed E-state index contributed by atoms with van der Waals surface area (Å²) in [5.74, 6) is 1.11. The molecule has 4 aliphatic carbocycles. The maximum atomic E-state index is 13.1. The number of carbonyl (C=O) groups excluding carboxylic acids is 3. The fourth-order valence-corrected chi connectivity index (χ4v) is 6.64. The summed E-state index contributed by atoms with van der Waals surface area (Å²) < 4.78 is 0. The van der Waals surface area contributed by atoms with Gasteiger partial charge in [0, 0.05) is 37.0 Å². The molecule has 7 atom stereocenters. The minimum absolute atomic E-state index is 0.0227. The lowest BCUT2D eigenvalue weighted by Crippen LogP contribution is -2.58. The van der Waals surface area contributed by atoms with E-state index in [1.807, 2.05) is 6.92 Å². The summed E-state index contributed by atoms with van der Waals surface area (Å²) in [5.41, 5.74) is -0.658. The number of aliphatic hydroxyl groups is 1. The monoisotopic (exact) mass is 318 g/mol. The molecule has 0 aromatic heterocycles. The molecule has 0 aromatic rings. The molecule has 4 nitrogen and oxygen atoms in total. The van der Waals surface area contributed by atoms with Crippen molar-refractivity contribution in [2.24, 2.45) is 34.5 Å². The zero-order chi connectivity index (χ0) is 16.6. The molecule has 4 saturated carbocycles. The standard InChI is InChI=1S/C19H26O4/c1-18-6-5-11(20)7-10(18)3-4-12-13-8-14(21)17(23)19(13,2)9-15(22)16(12)18/h10,12-13,16-17,23H,3-9H2,1-2H3/t10?,12-,13-,16+,17-,18-,19-/m0/s1. The SMILES string of the molecule is C[C@]12CC(=O)[C@H]3[C@@H](CCC4CC(=O)CC[C@@]43C)[C@@H]1CC(=O)[C@@H]2O. The van der Waals surface area contributed by atoms with Crippen LogP contribution in [-0.4, -0.2) is 28.6 Å². The van der Waals surface area contributed by atoms with Crippen LogP contribution >= 0.6 is 0 Å². The molecule has 0 bridgehead atoms. The molecule has 126 valence electrons. The second kappa shape index (κ2) is 4.75. The second-order valence-corrected chi connectivity index (χ2v) is 8.99. The average molecular weight is 318 g/mol. The maximum Gasteiger partial charge on any atom is 0.162 e. The lowest BCUT2D eigenvalue weighted by molar-refractivity contribution is -0.163. The van der Waals surface area contributed by atoms with E-state index >= 15 is 0 Å². The second-order valence-electron chi connectivity index (χ2n) is 8.99. The Hall–Kier alpha value is -1.03. The first-order valence-electron chi connectivity index (χ1n) is 9.02. The predicted octanol–water partition coefficient (Wildman–Crippen LogP) is 2.32. The van der Waals surface area contributed by atoms with Crippen molar-refractivity contribution in [2.45, 2.75) is 64.9 Å². The molecule has 0 saturated heterocycles. The molecule has 0 aromatic carbocycles. The topological polar surface area (TPSA) is 71.4 Å². The van der Waals surface area contributed by atoms with E-state index in [1.165, 1.54) is 0 Å². The Kier molecular flexibility index (Phi) is 3.20. The highest BCUT2D eigenvalue weighted by atomic mass is 16.3. The molecule has 0 aliphatic heterocycles. The van der Waals surface area contributed by atoms with Gasteiger partial charge in [0.25, 0.3) is 0 Å². The van der Waals surface area contributed by atoms with Crippen LogP contribution in [0.3, 0.4) is 0 Å². The number of Topliss-reactive ketones (excluding diaryl/α,β-unsaturated/α-hetero) is 3. The number of rotatable bonds is 0. The molecule has 4 fully saturated rings. The van der Waals surface area contributed by atoms with Gasteiger partial charge in [-0.15, -0.1) is 0 Å². The van der Waals surface area contributed by atoms with Gasteiger partial charge in [-0.3, -0.25) is 14.4 Å². The fraction of sp³-hybridized carbons (Fsp3) is 0.842. The Morgan fingerprint density at radius 2 is 1.74 bits per heavy atom. The third-order valence-corrected chi connectivity index (χ3v) is 7.95. The summed E-state index contributed by atoms with van der Waals surface area (Å²) in [6, 6.07) is 0. The highest BCUT2D eigenvalue weighted by molar-refractivity contribution is 5.92. The van der Waals surface area contributed by atoms with Crippen LogP contribution in [0.2, 0.25) is 0 Å². The Morgan fingerprint density at radius 1 is 1.00 bits per heavy atom. The molecule has 1 N–H and O–H groups in total. The van der Waals surface area contributed by atoms with Gasteiger partial charge in [0.1, 0.15) is 17.7 Å². The Labute approximate surface area is 137 Å². The first kappa shape index (κ1) is 15.5. The lowest BCUT2D eigenvalue weighted by atomic mass is 9.45. The van der Waals surface area contributed by atoms with Gasteiger partial charge in [0.05, 0.1) is 0 Å². The van der Waals surface area contributed by atoms with Gasteiger partial charge in [0.15, 0.2) is 5.78 Å². The molecule has 0 radical (unpaired) electrons. The zero-order valence-corrected chi connectivity index (χ0v) is 14.0. The van der Waals surface area contributed by atoms with Crippen LogP contribution in [0.4, 0.5) is 0 Å². The molecular formula is C19H26O4. The first-order chi connectivity index (χ1) is 10.8. The smallest absolute Gasteiger partial charge is 0.162 e. The van der Waals surface area contributed by atoms with Gasteiger partial charge in [0.2, 0.25) is 0 Å². The maximum absolute atomic E-state index is 13.1. The highest BCUT2D eigenvalue weighted by Crippen LogP contribution is 2.64. The molecule has 4 heteroatoms. The van der Waals surface area contributed by atoms with Gasteiger partial charge >= 0.3 is 0 Å². The third kappa shape index (κ3) is 1.90. The summed E-state index contributed by atoms with van der Waals surface area (Å²) in [7, 11) is 0. The van der Waals surface area contributed by atoms with Crippen molar-refractivity contribution in [2.75, 3.05) is 0 Å². The summed E-state index contributed by atoms with van der Waals surface area (Å²) in [5, 5.41) is 10.3. The number of hydrogen-bond donors (Lipinski definition) is 1. The fourth-order valence-electron chi connectivity index (χ4n) is 6.64. The Bertz CT molecular complexity index is 596. The van der Waals surface area contributed by atoms with Crippen LogP contribution in [-0.2, 0) is 14.4 Å². The highest BCUT2D eigenvalue weighted by Gasteiger charge is 2.64. The summed E-state index contributed by atoms with van der Waals surface area (Å²) in [4.78, 5) is 37.0. The molecule has 0 spiro atoms. The van der Waals surface area contributed by atoms with Crippen molar-refractivity contribution in [3.8, 4) is 0 Å². The molecule has 0 amide bonds. The van der Waals surface area contributed by atoms with E-state index in [1.54, 1.807) is 0 Å². The number of ketones is 3. The Morgan fingerprint density at radius 3 is 2.48 bits per heavy atom. The zero-order valence-electron chi connectivity index (χ0n) is 14.0. The third-order valence-electron chi connectivity index (χ3n) is 7.95. The molecule has 1 unspecified atom stereocenters. The number of aliphatic hydroxyl groups excluding tert-OH is 1. The van der Waals surface area contributed by atoms with Crippen LogP contribution in [0.1, 0.15) is 58.8 Å².